The third-order valence-electron chi connectivity index (χ3n) is 4.43. The minimum atomic E-state index is -1.12. The first-order chi connectivity index (χ1) is 14.3. The molecule has 0 saturated carbocycles. The predicted molar refractivity (Wildman–Crippen MR) is 105 cm³/mol. The van der Waals surface area contributed by atoms with E-state index >= 15 is 0 Å². The summed E-state index contributed by atoms with van der Waals surface area (Å²) in [6.07, 6.45) is 2.42. The molecule has 30 heavy (non-hydrogen) atoms. The molecule has 8 nitrogen and oxygen atoms in total. The van der Waals surface area contributed by atoms with Crippen LogP contribution in [-0.2, 0) is 4.79 Å². The molecule has 3 rings (SSSR count). The van der Waals surface area contributed by atoms with Crippen molar-refractivity contribution in [1.82, 2.24) is 19.5 Å². The van der Waals surface area contributed by atoms with Crippen LogP contribution >= 0.6 is 0 Å². The van der Waals surface area contributed by atoms with Gasteiger partial charge in [0.2, 0.25) is 11.9 Å². The van der Waals surface area contributed by atoms with Gasteiger partial charge in [0.05, 0.1) is 6.20 Å². The fourth-order valence-electron chi connectivity index (χ4n) is 2.95. The smallest absolute Gasteiger partial charge is 0.303 e. The Hall–Kier alpha value is -3.37. The van der Waals surface area contributed by atoms with Crippen LogP contribution in [0, 0.1) is 17.5 Å². The van der Waals surface area contributed by atoms with Crippen LogP contribution in [0.3, 0.4) is 0 Å². The second-order valence-electron chi connectivity index (χ2n) is 6.79. The highest BCUT2D eigenvalue weighted by Crippen LogP contribution is 2.30. The largest absolute Gasteiger partial charge is 0.481 e. The van der Waals surface area contributed by atoms with E-state index in [1.54, 1.807) is 11.5 Å². The van der Waals surface area contributed by atoms with E-state index in [1.165, 1.54) is 6.20 Å². The Morgan fingerprint density at radius 2 is 1.93 bits per heavy atom. The Morgan fingerprint density at radius 3 is 2.57 bits per heavy atom. The zero-order valence-corrected chi connectivity index (χ0v) is 16.4. The first-order valence-corrected chi connectivity index (χ1v) is 9.42. The number of carbonyl (C=O) groups is 1. The summed E-state index contributed by atoms with van der Waals surface area (Å²) in [4.78, 5) is 23.9. The Morgan fingerprint density at radius 1 is 1.23 bits per heavy atom. The number of hydrogen-bond donors (Lipinski definition) is 3. The Bertz CT molecular complexity index is 1050. The predicted octanol–water partition coefficient (Wildman–Crippen LogP) is 4.23. The maximum Gasteiger partial charge on any atom is 0.303 e. The molecule has 1 aromatic carbocycles. The summed E-state index contributed by atoms with van der Waals surface area (Å²) in [5.74, 6) is -3.88. The van der Waals surface area contributed by atoms with Gasteiger partial charge in [-0.1, -0.05) is 6.92 Å². The summed E-state index contributed by atoms with van der Waals surface area (Å²) < 4.78 is 43.1. The molecule has 3 N–H and O–H groups in total. The summed E-state index contributed by atoms with van der Waals surface area (Å²) in [5, 5.41) is 14.6. The highest BCUT2D eigenvalue weighted by Gasteiger charge is 2.21. The van der Waals surface area contributed by atoms with Gasteiger partial charge in [-0.15, -0.1) is 0 Å². The summed E-state index contributed by atoms with van der Waals surface area (Å²) >= 11 is 0. The average Bonchev–Trinajstić information content (AvgIpc) is 3.04. The number of aromatic nitrogens is 4. The van der Waals surface area contributed by atoms with Crippen molar-refractivity contribution in [2.75, 3.05) is 17.2 Å². The van der Waals surface area contributed by atoms with Gasteiger partial charge in [0, 0.05) is 31.1 Å². The van der Waals surface area contributed by atoms with E-state index in [1.807, 2.05) is 6.92 Å². The standard InChI is InChI=1S/C19H21F3N6O2/c1-3-6-23-18-24-9-14-17(27-18)28(10(2)4-5-15(29)30)19(25-14)26-16-12(21)7-11(20)8-13(16)22/h7-10H,3-6H2,1-2H3,(H,25,26)(H,29,30)(H,23,24,27). The van der Waals surface area contributed by atoms with E-state index in [4.69, 9.17) is 5.11 Å². The molecule has 1 unspecified atom stereocenters. The van der Waals surface area contributed by atoms with Crippen LogP contribution in [0.4, 0.5) is 30.8 Å². The Kier molecular flexibility index (Phi) is 6.38. The lowest BCUT2D eigenvalue weighted by molar-refractivity contribution is -0.137. The molecule has 0 aliphatic rings. The number of rotatable bonds is 9. The number of imidazole rings is 1. The quantitative estimate of drug-likeness (QED) is 0.474. The lowest BCUT2D eigenvalue weighted by atomic mass is 10.2. The fourth-order valence-corrected chi connectivity index (χ4v) is 2.95. The van der Waals surface area contributed by atoms with Gasteiger partial charge in [-0.05, 0) is 19.8 Å². The normalized spacial score (nSPS) is 12.2. The molecule has 0 saturated heterocycles. The lowest BCUT2D eigenvalue weighted by Gasteiger charge is -2.17. The van der Waals surface area contributed by atoms with Gasteiger partial charge >= 0.3 is 5.97 Å². The van der Waals surface area contributed by atoms with Crippen LogP contribution < -0.4 is 10.6 Å². The molecule has 2 heterocycles. The molecule has 0 aliphatic heterocycles. The highest BCUT2D eigenvalue weighted by molar-refractivity contribution is 5.77. The van der Waals surface area contributed by atoms with Gasteiger partial charge in [0.15, 0.2) is 17.3 Å². The zero-order valence-electron chi connectivity index (χ0n) is 16.4. The van der Waals surface area contributed by atoms with E-state index in [-0.39, 0.29) is 18.8 Å². The number of carboxylic acids is 1. The van der Waals surface area contributed by atoms with Crippen LogP contribution in [0.25, 0.3) is 11.2 Å². The molecule has 160 valence electrons. The molecule has 0 amide bonds. The monoisotopic (exact) mass is 422 g/mol. The minimum absolute atomic E-state index is 0.0363. The highest BCUT2D eigenvalue weighted by atomic mass is 19.1. The van der Waals surface area contributed by atoms with Gasteiger partial charge in [0.25, 0.3) is 0 Å². The van der Waals surface area contributed by atoms with Gasteiger partial charge in [-0.3, -0.25) is 9.36 Å². The van der Waals surface area contributed by atoms with E-state index < -0.39 is 35.2 Å². The summed E-state index contributed by atoms with van der Waals surface area (Å²) in [6.45, 7) is 4.37. The number of halogens is 3. The van der Waals surface area contributed by atoms with E-state index in [0.29, 0.717) is 35.8 Å². The van der Waals surface area contributed by atoms with Gasteiger partial charge in [-0.25, -0.2) is 23.1 Å². The van der Waals surface area contributed by atoms with Crippen molar-refractivity contribution in [3.63, 3.8) is 0 Å². The van der Waals surface area contributed by atoms with Gasteiger partial charge in [-0.2, -0.15) is 4.98 Å². The molecular weight excluding hydrogens is 401 g/mol. The summed E-state index contributed by atoms with van der Waals surface area (Å²) in [6, 6.07) is 0.687. The second kappa shape index (κ2) is 8.97. The Balaban J connectivity index is 2.07. The zero-order chi connectivity index (χ0) is 21.8. The molecule has 11 heteroatoms. The van der Waals surface area contributed by atoms with Gasteiger partial charge < -0.3 is 15.7 Å². The average molecular weight is 422 g/mol. The fraction of sp³-hybridized carbons (Fsp3) is 0.368. The van der Waals surface area contributed by atoms with Crippen molar-refractivity contribution in [2.24, 2.45) is 0 Å². The van der Waals surface area contributed by atoms with Crippen molar-refractivity contribution < 1.29 is 23.1 Å². The lowest BCUT2D eigenvalue weighted by Crippen LogP contribution is -2.13. The molecule has 0 bridgehead atoms. The molecule has 0 fully saturated rings. The van der Waals surface area contributed by atoms with Crippen molar-refractivity contribution in [2.45, 2.75) is 39.2 Å². The summed E-state index contributed by atoms with van der Waals surface area (Å²) in [5.41, 5.74) is 0.146. The number of nitrogens with one attached hydrogen (secondary N) is 2. The first-order valence-electron chi connectivity index (χ1n) is 9.42. The van der Waals surface area contributed by atoms with Crippen LogP contribution in [0.5, 0.6) is 0 Å². The molecule has 0 radical (unpaired) electrons. The minimum Gasteiger partial charge on any atom is -0.481 e. The van der Waals surface area contributed by atoms with E-state index in [0.717, 1.165) is 6.42 Å². The molecular formula is C19H21F3N6O2. The molecule has 2 aromatic heterocycles. The SMILES string of the molecule is CCCNc1ncc2nc(Nc3c(F)cc(F)cc3F)n(C(C)CCC(=O)O)c2n1. The molecule has 1 atom stereocenters. The number of fused-ring (bicyclic) bond motifs is 1. The number of nitrogens with zero attached hydrogens (tertiary/aromatic N) is 4. The maximum atomic E-state index is 14.1. The van der Waals surface area contributed by atoms with E-state index in [9.17, 15) is 18.0 Å². The summed E-state index contributed by atoms with van der Waals surface area (Å²) in [7, 11) is 0. The Labute approximate surface area is 170 Å². The molecule has 3 aromatic rings. The third-order valence-corrected chi connectivity index (χ3v) is 4.43. The maximum absolute atomic E-state index is 14.1. The van der Waals surface area contributed by atoms with Crippen LogP contribution in [0.15, 0.2) is 18.3 Å². The number of hydrogen-bond acceptors (Lipinski definition) is 6. The number of carboxylic acid groups (broad SMARTS) is 1. The van der Waals surface area contributed by atoms with Crippen LogP contribution in [-0.4, -0.2) is 37.1 Å². The molecule has 0 aliphatic carbocycles. The van der Waals surface area contributed by atoms with Crippen LogP contribution in [0.2, 0.25) is 0 Å². The number of anilines is 3. The number of aliphatic carboxylic acids is 1. The van der Waals surface area contributed by atoms with Crippen molar-refractivity contribution in [3.05, 3.63) is 35.8 Å². The molecule has 0 spiro atoms. The van der Waals surface area contributed by atoms with Crippen molar-refractivity contribution in [1.29, 1.82) is 0 Å². The third kappa shape index (κ3) is 4.61. The van der Waals surface area contributed by atoms with Crippen molar-refractivity contribution >= 4 is 34.7 Å². The number of benzene rings is 1. The van der Waals surface area contributed by atoms with E-state index in [2.05, 4.69) is 25.6 Å². The van der Waals surface area contributed by atoms with Crippen LogP contribution in [0.1, 0.15) is 39.2 Å². The van der Waals surface area contributed by atoms with Gasteiger partial charge in [0.1, 0.15) is 17.0 Å². The second-order valence-corrected chi connectivity index (χ2v) is 6.79. The van der Waals surface area contributed by atoms with Crippen molar-refractivity contribution in [3.8, 4) is 0 Å². The first kappa shape index (κ1) is 21.3. The topological polar surface area (TPSA) is 105 Å².